The van der Waals surface area contributed by atoms with Gasteiger partial charge in [-0.25, -0.2) is 0 Å². The maximum absolute atomic E-state index is 12.2. The minimum Gasteiger partial charge on any atom is -0.489 e. The van der Waals surface area contributed by atoms with E-state index in [9.17, 15) is 4.79 Å². The number of para-hydroxylation sites is 1. The van der Waals surface area contributed by atoms with E-state index in [2.05, 4.69) is 41.8 Å². The number of rotatable bonds is 8. The van der Waals surface area contributed by atoms with Crippen molar-refractivity contribution in [2.75, 3.05) is 13.1 Å². The Morgan fingerprint density at radius 2 is 1.71 bits per heavy atom. The molecule has 1 saturated heterocycles. The number of piperidine rings is 1. The molecular weight excluding hydrogens is 372 g/mol. The molecule has 1 heterocycles. The molecule has 3 rings (SSSR count). The van der Waals surface area contributed by atoms with Crippen molar-refractivity contribution >= 4 is 18.3 Å². The number of nitrogens with one attached hydrogen (secondary N) is 2. The topological polar surface area (TPSA) is 50.4 Å². The number of carbonyl (C=O) groups excluding carboxylic acids is 1. The second kappa shape index (κ2) is 11.7. The molecule has 0 aliphatic carbocycles. The van der Waals surface area contributed by atoms with Crippen LogP contribution in [0.25, 0.3) is 0 Å². The van der Waals surface area contributed by atoms with Crippen LogP contribution in [0, 0.1) is 11.8 Å². The zero-order valence-corrected chi connectivity index (χ0v) is 17.3. The Bertz CT molecular complexity index is 700. The molecule has 5 heteroatoms. The molecule has 0 bridgehead atoms. The average Bonchev–Trinajstić information content (AvgIpc) is 2.73. The van der Waals surface area contributed by atoms with Crippen LogP contribution in [0.1, 0.15) is 37.3 Å². The van der Waals surface area contributed by atoms with Gasteiger partial charge in [0.15, 0.2) is 0 Å². The largest absolute Gasteiger partial charge is 0.489 e. The fourth-order valence-corrected chi connectivity index (χ4v) is 3.58. The van der Waals surface area contributed by atoms with E-state index < -0.39 is 0 Å². The van der Waals surface area contributed by atoms with Crippen LogP contribution < -0.4 is 15.4 Å². The van der Waals surface area contributed by atoms with E-state index >= 15 is 0 Å². The molecule has 0 spiro atoms. The summed E-state index contributed by atoms with van der Waals surface area (Å²) in [6.07, 6.45) is 2.98. The van der Waals surface area contributed by atoms with Gasteiger partial charge in [0, 0.05) is 13.0 Å². The summed E-state index contributed by atoms with van der Waals surface area (Å²) in [5, 5.41) is 6.44. The van der Waals surface area contributed by atoms with E-state index in [1.165, 1.54) is 12.8 Å². The van der Waals surface area contributed by atoms with Crippen molar-refractivity contribution < 1.29 is 9.53 Å². The summed E-state index contributed by atoms with van der Waals surface area (Å²) in [5.41, 5.74) is 2.23. The molecule has 0 saturated carbocycles. The standard InChI is InChI=1S/C23H30N2O2.ClH/c1-18(21-11-13-24-14-12-21)15-23(26)25-16-19-7-9-20(10-8-19)17-27-22-5-3-2-4-6-22;/h2-10,18,21,24H,11-17H2,1H3,(H,25,26);1H. The van der Waals surface area contributed by atoms with Crippen LogP contribution in [0.2, 0.25) is 0 Å². The summed E-state index contributed by atoms with van der Waals surface area (Å²) in [7, 11) is 0. The van der Waals surface area contributed by atoms with Crippen molar-refractivity contribution in [1.29, 1.82) is 0 Å². The van der Waals surface area contributed by atoms with E-state index in [4.69, 9.17) is 4.74 Å². The third-order valence-corrected chi connectivity index (χ3v) is 5.36. The van der Waals surface area contributed by atoms with Crippen molar-refractivity contribution in [3.8, 4) is 5.75 Å². The molecule has 1 amide bonds. The average molecular weight is 403 g/mol. The van der Waals surface area contributed by atoms with E-state index in [-0.39, 0.29) is 18.3 Å². The highest BCUT2D eigenvalue weighted by Crippen LogP contribution is 2.24. The number of hydrogen-bond acceptors (Lipinski definition) is 3. The van der Waals surface area contributed by atoms with Gasteiger partial charge in [0.2, 0.25) is 5.91 Å². The first kappa shape index (κ1) is 22.3. The quantitative estimate of drug-likeness (QED) is 0.690. The Labute approximate surface area is 174 Å². The molecule has 2 aromatic rings. The van der Waals surface area contributed by atoms with E-state index in [1.54, 1.807) is 0 Å². The number of amides is 1. The molecule has 28 heavy (non-hydrogen) atoms. The second-order valence-corrected chi connectivity index (χ2v) is 7.46. The maximum atomic E-state index is 12.2. The lowest BCUT2D eigenvalue weighted by Crippen LogP contribution is -2.33. The minimum absolute atomic E-state index is 0. The van der Waals surface area contributed by atoms with Gasteiger partial charge in [-0.1, -0.05) is 49.4 Å². The predicted molar refractivity (Wildman–Crippen MR) is 116 cm³/mol. The molecule has 0 radical (unpaired) electrons. The molecule has 1 aliphatic heterocycles. The summed E-state index contributed by atoms with van der Waals surface area (Å²) in [4.78, 5) is 12.2. The van der Waals surface area contributed by atoms with Crippen molar-refractivity contribution in [2.24, 2.45) is 11.8 Å². The molecule has 2 aromatic carbocycles. The Morgan fingerprint density at radius 1 is 1.07 bits per heavy atom. The summed E-state index contributed by atoms with van der Waals surface area (Å²) < 4.78 is 5.76. The van der Waals surface area contributed by atoms with Gasteiger partial charge in [0.05, 0.1) is 0 Å². The fourth-order valence-electron chi connectivity index (χ4n) is 3.58. The molecule has 1 unspecified atom stereocenters. The third-order valence-electron chi connectivity index (χ3n) is 5.36. The molecule has 1 aliphatic rings. The van der Waals surface area contributed by atoms with Gasteiger partial charge < -0.3 is 15.4 Å². The van der Waals surface area contributed by atoms with Crippen LogP contribution in [0.15, 0.2) is 54.6 Å². The van der Waals surface area contributed by atoms with Crippen LogP contribution in [0.5, 0.6) is 5.75 Å². The highest BCUT2D eigenvalue weighted by molar-refractivity contribution is 5.85. The van der Waals surface area contributed by atoms with Gasteiger partial charge in [0.1, 0.15) is 12.4 Å². The maximum Gasteiger partial charge on any atom is 0.220 e. The number of ether oxygens (including phenoxy) is 1. The molecule has 2 N–H and O–H groups in total. The van der Waals surface area contributed by atoms with Crippen LogP contribution >= 0.6 is 12.4 Å². The number of halogens is 1. The Morgan fingerprint density at radius 3 is 2.39 bits per heavy atom. The van der Waals surface area contributed by atoms with Crippen LogP contribution in [-0.2, 0) is 17.9 Å². The van der Waals surface area contributed by atoms with Gasteiger partial charge in [-0.2, -0.15) is 0 Å². The van der Waals surface area contributed by atoms with Crippen LogP contribution in [0.4, 0.5) is 0 Å². The molecule has 4 nitrogen and oxygen atoms in total. The van der Waals surface area contributed by atoms with Gasteiger partial charge in [-0.3, -0.25) is 4.79 Å². The highest BCUT2D eigenvalue weighted by atomic mass is 35.5. The van der Waals surface area contributed by atoms with Crippen molar-refractivity contribution in [1.82, 2.24) is 10.6 Å². The van der Waals surface area contributed by atoms with Crippen LogP contribution in [-0.4, -0.2) is 19.0 Å². The molecule has 152 valence electrons. The predicted octanol–water partition coefficient (Wildman–Crippen LogP) is 4.33. The first-order valence-electron chi connectivity index (χ1n) is 9.94. The lowest BCUT2D eigenvalue weighted by molar-refractivity contribution is -0.122. The summed E-state index contributed by atoms with van der Waals surface area (Å²) in [5.74, 6) is 2.14. The third kappa shape index (κ3) is 7.17. The molecule has 1 fully saturated rings. The second-order valence-electron chi connectivity index (χ2n) is 7.46. The number of carbonyl (C=O) groups is 1. The smallest absolute Gasteiger partial charge is 0.220 e. The number of benzene rings is 2. The first-order chi connectivity index (χ1) is 13.2. The van der Waals surface area contributed by atoms with E-state index in [0.29, 0.717) is 31.4 Å². The van der Waals surface area contributed by atoms with Gasteiger partial charge >= 0.3 is 0 Å². The van der Waals surface area contributed by atoms with E-state index in [0.717, 1.165) is 30.0 Å². The molecule has 1 atom stereocenters. The lowest BCUT2D eigenvalue weighted by Gasteiger charge is -2.27. The van der Waals surface area contributed by atoms with Gasteiger partial charge in [0.25, 0.3) is 0 Å². The summed E-state index contributed by atoms with van der Waals surface area (Å²) >= 11 is 0. The Hall–Kier alpha value is -2.04. The zero-order chi connectivity index (χ0) is 18.9. The minimum atomic E-state index is 0. The Balaban J connectivity index is 0.00000280. The van der Waals surface area contributed by atoms with Crippen LogP contribution in [0.3, 0.4) is 0 Å². The molecule has 0 aromatic heterocycles. The lowest BCUT2D eigenvalue weighted by atomic mass is 9.84. The fraction of sp³-hybridized carbons (Fsp3) is 0.435. The van der Waals surface area contributed by atoms with Gasteiger partial charge in [-0.15, -0.1) is 12.4 Å². The zero-order valence-electron chi connectivity index (χ0n) is 16.5. The highest BCUT2D eigenvalue weighted by Gasteiger charge is 2.21. The Kier molecular flexibility index (Phi) is 9.32. The normalized spacial score (nSPS) is 15.3. The summed E-state index contributed by atoms with van der Waals surface area (Å²) in [6.45, 7) is 5.49. The van der Waals surface area contributed by atoms with Gasteiger partial charge in [-0.05, 0) is 61.0 Å². The molecular formula is C23H31ClN2O2. The SMILES string of the molecule is CC(CC(=O)NCc1ccc(COc2ccccc2)cc1)C1CCNCC1.Cl. The first-order valence-corrected chi connectivity index (χ1v) is 9.94. The van der Waals surface area contributed by atoms with Crippen molar-refractivity contribution in [3.63, 3.8) is 0 Å². The van der Waals surface area contributed by atoms with Crippen molar-refractivity contribution in [3.05, 3.63) is 65.7 Å². The monoisotopic (exact) mass is 402 g/mol. The van der Waals surface area contributed by atoms with Crippen molar-refractivity contribution in [2.45, 2.75) is 39.3 Å². The number of hydrogen-bond donors (Lipinski definition) is 2. The summed E-state index contributed by atoms with van der Waals surface area (Å²) in [6, 6.07) is 18.0. The van der Waals surface area contributed by atoms with E-state index in [1.807, 2.05) is 30.3 Å².